The van der Waals surface area contributed by atoms with E-state index in [2.05, 4.69) is 38.4 Å². The average Bonchev–Trinajstić information content (AvgIpc) is 3.09. The maximum atomic E-state index is 5.77. The van der Waals surface area contributed by atoms with Crippen LogP contribution in [-0.4, -0.2) is 30.2 Å². The van der Waals surface area contributed by atoms with Gasteiger partial charge in [-0.3, -0.25) is 0 Å². The number of benzene rings is 1. The highest BCUT2D eigenvalue weighted by Gasteiger charge is 2.18. The Bertz CT molecular complexity index is 801. The van der Waals surface area contributed by atoms with Crippen LogP contribution in [0.5, 0.6) is 5.75 Å². The van der Waals surface area contributed by atoms with Crippen LogP contribution in [0.3, 0.4) is 0 Å². The van der Waals surface area contributed by atoms with Crippen molar-refractivity contribution in [2.24, 2.45) is 0 Å². The van der Waals surface area contributed by atoms with Crippen LogP contribution in [0.1, 0.15) is 0 Å². The van der Waals surface area contributed by atoms with E-state index in [1.165, 1.54) is 0 Å². The van der Waals surface area contributed by atoms with Crippen LogP contribution in [0, 0.1) is 0 Å². The van der Waals surface area contributed by atoms with Gasteiger partial charge in [-0.15, -0.1) is 11.3 Å². The number of rotatable bonds is 2. The summed E-state index contributed by atoms with van der Waals surface area (Å²) >= 11 is 1.60. The third-order valence-electron chi connectivity index (χ3n) is 3.83. The van der Waals surface area contributed by atoms with E-state index in [0.29, 0.717) is 6.61 Å². The fraction of sp³-hybridized carbons (Fsp3) is 0.176. The number of hydrogen-bond donors (Lipinski definition) is 0. The molecule has 0 fully saturated rings. The van der Waals surface area contributed by atoms with Crippen molar-refractivity contribution in [1.29, 1.82) is 0 Å². The molecule has 1 aliphatic heterocycles. The summed E-state index contributed by atoms with van der Waals surface area (Å²) in [5.41, 5.74) is 6.15. The Hall–Kier alpha value is -2.40. The van der Waals surface area contributed by atoms with Crippen LogP contribution in [0.15, 0.2) is 47.4 Å². The van der Waals surface area contributed by atoms with Gasteiger partial charge >= 0.3 is 0 Å². The second kappa shape index (κ2) is 5.42. The lowest BCUT2D eigenvalue weighted by Gasteiger charge is -2.26. The number of thiazole rings is 1. The molecule has 0 saturated heterocycles. The Labute approximate surface area is 133 Å². The average molecular weight is 309 g/mol. The van der Waals surface area contributed by atoms with Crippen molar-refractivity contribution in [3.63, 3.8) is 0 Å². The third kappa shape index (κ3) is 2.23. The molecular formula is C17H15N3OS. The van der Waals surface area contributed by atoms with E-state index < -0.39 is 0 Å². The smallest absolute Gasteiger partial charge is 0.171 e. The van der Waals surface area contributed by atoms with Crippen molar-refractivity contribution in [2.75, 3.05) is 25.1 Å². The van der Waals surface area contributed by atoms with E-state index >= 15 is 0 Å². The summed E-state index contributed by atoms with van der Waals surface area (Å²) in [6.45, 7) is 1.57. The van der Waals surface area contributed by atoms with Crippen LogP contribution >= 0.6 is 11.3 Å². The lowest BCUT2D eigenvalue weighted by molar-refractivity contribution is 0.309. The highest BCUT2D eigenvalue weighted by molar-refractivity contribution is 7.07. The minimum absolute atomic E-state index is 0.697. The van der Waals surface area contributed by atoms with Gasteiger partial charge in [0.1, 0.15) is 6.61 Å². The molecular weight excluding hydrogens is 294 g/mol. The van der Waals surface area contributed by atoms with E-state index in [4.69, 9.17) is 4.74 Å². The van der Waals surface area contributed by atoms with E-state index in [1.54, 1.807) is 11.3 Å². The zero-order chi connectivity index (χ0) is 14.9. The first-order valence-corrected chi connectivity index (χ1v) is 8.09. The number of fused-ring (bicyclic) bond motifs is 1. The van der Waals surface area contributed by atoms with Crippen molar-refractivity contribution in [3.8, 4) is 28.1 Å². The molecule has 4 nitrogen and oxygen atoms in total. The van der Waals surface area contributed by atoms with E-state index in [-0.39, 0.29) is 0 Å². The number of pyridine rings is 1. The number of anilines is 1. The second-order valence-corrected chi connectivity index (χ2v) is 5.95. The van der Waals surface area contributed by atoms with Gasteiger partial charge in [-0.05, 0) is 11.6 Å². The maximum Gasteiger partial charge on any atom is 0.171 e. The molecule has 4 rings (SSSR count). The van der Waals surface area contributed by atoms with Crippen molar-refractivity contribution in [3.05, 3.63) is 47.4 Å². The fourth-order valence-electron chi connectivity index (χ4n) is 2.68. The SMILES string of the molecule is CN1CCOc2cc(-c3ccccc3-c3cscn3)cnc21. The zero-order valence-electron chi connectivity index (χ0n) is 12.2. The molecule has 0 bridgehead atoms. The van der Waals surface area contributed by atoms with Crippen molar-refractivity contribution in [1.82, 2.24) is 9.97 Å². The van der Waals surface area contributed by atoms with Crippen molar-refractivity contribution >= 4 is 17.2 Å². The normalized spacial score (nSPS) is 13.6. The van der Waals surface area contributed by atoms with Gasteiger partial charge in [0.15, 0.2) is 11.6 Å². The molecule has 0 saturated carbocycles. The van der Waals surface area contributed by atoms with Gasteiger partial charge < -0.3 is 9.64 Å². The van der Waals surface area contributed by atoms with Gasteiger partial charge in [0, 0.05) is 29.8 Å². The molecule has 0 amide bonds. The molecule has 22 heavy (non-hydrogen) atoms. The van der Waals surface area contributed by atoms with Gasteiger partial charge in [-0.1, -0.05) is 24.3 Å². The third-order valence-corrected chi connectivity index (χ3v) is 4.41. The molecule has 1 aliphatic rings. The van der Waals surface area contributed by atoms with Crippen molar-refractivity contribution < 1.29 is 4.74 Å². The Morgan fingerprint density at radius 1 is 1.18 bits per heavy atom. The quantitative estimate of drug-likeness (QED) is 0.723. The summed E-state index contributed by atoms with van der Waals surface area (Å²) in [5, 5.41) is 2.06. The predicted octanol–water partition coefficient (Wildman–Crippen LogP) is 3.70. The first kappa shape index (κ1) is 13.3. The molecule has 0 N–H and O–H groups in total. The molecule has 2 aromatic heterocycles. The van der Waals surface area contributed by atoms with Crippen LogP contribution in [-0.2, 0) is 0 Å². The predicted molar refractivity (Wildman–Crippen MR) is 89.5 cm³/mol. The first-order chi connectivity index (χ1) is 10.8. The van der Waals surface area contributed by atoms with Gasteiger partial charge in [0.2, 0.25) is 0 Å². The molecule has 0 unspecified atom stereocenters. The molecule has 0 spiro atoms. The van der Waals surface area contributed by atoms with Gasteiger partial charge in [0.05, 0.1) is 17.7 Å². The summed E-state index contributed by atoms with van der Waals surface area (Å²) < 4.78 is 5.77. The van der Waals surface area contributed by atoms with Crippen LogP contribution in [0.25, 0.3) is 22.4 Å². The Morgan fingerprint density at radius 3 is 2.86 bits per heavy atom. The zero-order valence-corrected chi connectivity index (χ0v) is 13.0. The molecule has 5 heteroatoms. The van der Waals surface area contributed by atoms with Gasteiger partial charge in [-0.2, -0.15) is 0 Å². The number of nitrogens with zero attached hydrogens (tertiary/aromatic N) is 3. The van der Waals surface area contributed by atoms with E-state index in [1.807, 2.05) is 30.9 Å². The molecule has 110 valence electrons. The summed E-state index contributed by atoms with van der Waals surface area (Å²) in [6, 6.07) is 10.3. The molecule has 1 aromatic carbocycles. The topological polar surface area (TPSA) is 38.2 Å². The molecule has 0 atom stereocenters. The molecule has 3 heterocycles. The van der Waals surface area contributed by atoms with E-state index in [0.717, 1.165) is 40.5 Å². The van der Waals surface area contributed by atoms with Gasteiger partial charge in [0.25, 0.3) is 0 Å². The maximum absolute atomic E-state index is 5.77. The number of ether oxygens (including phenoxy) is 1. The lowest BCUT2D eigenvalue weighted by Crippen LogP contribution is -2.29. The van der Waals surface area contributed by atoms with Crippen molar-refractivity contribution in [2.45, 2.75) is 0 Å². The summed E-state index contributed by atoms with van der Waals surface area (Å²) in [7, 11) is 2.04. The highest BCUT2D eigenvalue weighted by atomic mass is 32.1. The Morgan fingerprint density at radius 2 is 2.05 bits per heavy atom. The van der Waals surface area contributed by atoms with Crippen LogP contribution < -0.4 is 9.64 Å². The monoisotopic (exact) mass is 309 g/mol. The number of hydrogen-bond acceptors (Lipinski definition) is 5. The minimum Gasteiger partial charge on any atom is -0.488 e. The van der Waals surface area contributed by atoms with E-state index in [9.17, 15) is 0 Å². The molecule has 0 radical (unpaired) electrons. The summed E-state index contributed by atoms with van der Waals surface area (Å²) in [6.07, 6.45) is 1.91. The lowest BCUT2D eigenvalue weighted by atomic mass is 9.99. The molecule has 3 aromatic rings. The number of aromatic nitrogens is 2. The van der Waals surface area contributed by atoms with Gasteiger partial charge in [-0.25, -0.2) is 9.97 Å². The van der Waals surface area contributed by atoms with Crippen LogP contribution in [0.4, 0.5) is 5.82 Å². The first-order valence-electron chi connectivity index (χ1n) is 7.15. The highest BCUT2D eigenvalue weighted by Crippen LogP contribution is 2.36. The largest absolute Gasteiger partial charge is 0.488 e. The fourth-order valence-corrected chi connectivity index (χ4v) is 3.23. The van der Waals surface area contributed by atoms with Crippen LogP contribution in [0.2, 0.25) is 0 Å². The number of likely N-dealkylation sites (N-methyl/N-ethyl adjacent to an activating group) is 1. The molecule has 0 aliphatic carbocycles. The summed E-state index contributed by atoms with van der Waals surface area (Å²) in [5.74, 6) is 1.75. The standard InChI is InChI=1S/C17H15N3OS/c1-20-6-7-21-16-8-12(9-18-17(16)20)13-4-2-3-5-14(13)15-10-22-11-19-15/h2-5,8-11H,6-7H2,1H3. The minimum atomic E-state index is 0.697. The summed E-state index contributed by atoms with van der Waals surface area (Å²) in [4.78, 5) is 11.1. The Balaban J connectivity index is 1.83. The second-order valence-electron chi connectivity index (χ2n) is 5.24. The Kier molecular flexibility index (Phi) is 3.27.